The maximum atomic E-state index is 13.1. The quantitative estimate of drug-likeness (QED) is 0.228. The number of pyridine rings is 1. The Kier molecular flexibility index (Phi) is 9.34. The summed E-state index contributed by atoms with van der Waals surface area (Å²) in [6, 6.07) is 13.9. The number of nitrogens with zero attached hydrogens (tertiary/aromatic N) is 5. The van der Waals surface area contributed by atoms with Crippen LogP contribution in [0.4, 0.5) is 16.6 Å². The Morgan fingerprint density at radius 2 is 1.77 bits per heavy atom. The van der Waals surface area contributed by atoms with E-state index in [1.807, 2.05) is 63.2 Å². The molecule has 3 aromatic rings. The summed E-state index contributed by atoms with van der Waals surface area (Å²) in [7, 11) is 0. The lowest BCUT2D eigenvalue weighted by Crippen LogP contribution is -2.49. The third-order valence-corrected chi connectivity index (χ3v) is 6.43. The zero-order chi connectivity index (χ0) is 28.7. The number of nitrogen functional groups attached to an aromatic ring is 1. The number of anilines is 2. The van der Waals surface area contributed by atoms with E-state index in [4.69, 9.17) is 22.1 Å². The summed E-state index contributed by atoms with van der Waals surface area (Å²) in [6.45, 7) is 8.87. The van der Waals surface area contributed by atoms with Crippen molar-refractivity contribution in [3.63, 3.8) is 0 Å². The number of halogens is 1. The average Bonchev–Trinajstić information content (AvgIpc) is 2.91. The number of nitrogens with two attached hydrogens (primary N) is 1. The number of piperazine rings is 1. The summed E-state index contributed by atoms with van der Waals surface area (Å²) in [5.41, 5.74) is 8.27. The molecule has 11 heteroatoms. The highest BCUT2D eigenvalue weighted by Crippen LogP contribution is 2.24. The number of ether oxygens (including phenoxy) is 1. The maximum absolute atomic E-state index is 13.1. The van der Waals surface area contributed by atoms with Crippen LogP contribution in [0, 0.1) is 0 Å². The van der Waals surface area contributed by atoms with E-state index in [2.05, 4.69) is 25.2 Å². The van der Waals surface area contributed by atoms with E-state index in [0.29, 0.717) is 39.3 Å². The minimum Gasteiger partial charge on any atom is -0.444 e. The summed E-state index contributed by atoms with van der Waals surface area (Å²) in [4.78, 5) is 41.9. The molecule has 10 nitrogen and oxygen atoms in total. The monoisotopic (exact) mass is 563 g/mol. The van der Waals surface area contributed by atoms with Gasteiger partial charge in [0, 0.05) is 44.5 Å². The van der Waals surface area contributed by atoms with Crippen molar-refractivity contribution in [2.45, 2.75) is 32.9 Å². The maximum Gasteiger partial charge on any atom is 0.410 e. The smallest absolute Gasteiger partial charge is 0.410 e. The summed E-state index contributed by atoms with van der Waals surface area (Å²) >= 11 is 6.32. The summed E-state index contributed by atoms with van der Waals surface area (Å²) in [5, 5.41) is 3.11. The number of allylic oxidation sites excluding steroid dienone is 1. The van der Waals surface area contributed by atoms with Crippen LogP contribution in [0.3, 0.4) is 0 Å². The molecular formula is C29H34ClN7O3. The van der Waals surface area contributed by atoms with Crippen LogP contribution in [-0.4, -0.2) is 75.0 Å². The van der Waals surface area contributed by atoms with Gasteiger partial charge in [-0.25, -0.2) is 9.78 Å². The summed E-state index contributed by atoms with van der Waals surface area (Å²) in [5.74, 6) is -0.136. The molecule has 0 aliphatic carbocycles. The SMILES string of the molecule is CC(C)(C)OC(=O)N1CCN(CC=CC(=O)c2c(Cl)nc(N)nc2NCc2ccc(-c3ccccc3)cn2)CC1. The molecule has 1 aliphatic rings. The Morgan fingerprint density at radius 3 is 2.42 bits per heavy atom. The fourth-order valence-corrected chi connectivity index (χ4v) is 4.40. The third-order valence-electron chi connectivity index (χ3n) is 6.15. The lowest BCUT2D eigenvalue weighted by Gasteiger charge is -2.35. The van der Waals surface area contributed by atoms with Crippen LogP contribution in [0.5, 0.6) is 0 Å². The highest BCUT2D eigenvalue weighted by Gasteiger charge is 2.25. The van der Waals surface area contributed by atoms with E-state index >= 15 is 0 Å². The first-order chi connectivity index (χ1) is 19.1. The first-order valence-corrected chi connectivity index (χ1v) is 13.5. The van der Waals surface area contributed by atoms with Gasteiger partial charge < -0.3 is 20.7 Å². The van der Waals surface area contributed by atoms with E-state index in [9.17, 15) is 9.59 Å². The Hall–Kier alpha value is -4.02. The fourth-order valence-electron chi connectivity index (χ4n) is 4.13. The van der Waals surface area contributed by atoms with Crippen molar-refractivity contribution in [2.24, 2.45) is 0 Å². The predicted octanol–water partition coefficient (Wildman–Crippen LogP) is 4.68. The van der Waals surface area contributed by atoms with Crippen molar-refractivity contribution >= 4 is 35.2 Å². The number of aromatic nitrogens is 3. The minimum absolute atomic E-state index is 0.0250. The first kappa shape index (κ1) is 29.0. The number of rotatable bonds is 8. The molecule has 0 saturated carbocycles. The topological polar surface area (TPSA) is 127 Å². The Morgan fingerprint density at radius 1 is 1.05 bits per heavy atom. The van der Waals surface area contributed by atoms with Gasteiger partial charge in [0.1, 0.15) is 22.1 Å². The Labute approximate surface area is 239 Å². The number of ketones is 1. The number of carbonyl (C=O) groups excluding carboxylic acids is 2. The molecule has 2 aromatic heterocycles. The second kappa shape index (κ2) is 12.9. The van der Waals surface area contributed by atoms with Crippen LogP contribution in [-0.2, 0) is 11.3 Å². The second-order valence-electron chi connectivity index (χ2n) is 10.4. The van der Waals surface area contributed by atoms with Crippen molar-refractivity contribution in [1.29, 1.82) is 0 Å². The van der Waals surface area contributed by atoms with Gasteiger partial charge in [-0.05, 0) is 38.5 Å². The fraction of sp³-hybridized carbons (Fsp3) is 0.345. The van der Waals surface area contributed by atoms with Gasteiger partial charge in [0.25, 0.3) is 0 Å². The molecule has 1 saturated heterocycles. The molecule has 3 heterocycles. The van der Waals surface area contributed by atoms with Crippen LogP contribution in [0.2, 0.25) is 5.15 Å². The van der Waals surface area contributed by atoms with Crippen molar-refractivity contribution < 1.29 is 14.3 Å². The zero-order valence-corrected chi connectivity index (χ0v) is 23.7. The molecule has 0 atom stereocenters. The first-order valence-electron chi connectivity index (χ1n) is 13.1. The Balaban J connectivity index is 1.34. The predicted molar refractivity (Wildman–Crippen MR) is 156 cm³/mol. The summed E-state index contributed by atoms with van der Waals surface area (Å²) < 4.78 is 5.44. The van der Waals surface area contributed by atoms with Crippen LogP contribution < -0.4 is 11.1 Å². The lowest BCUT2D eigenvalue weighted by atomic mass is 10.1. The third kappa shape index (κ3) is 8.00. The molecule has 4 rings (SSSR count). The molecule has 3 N–H and O–H groups in total. The van der Waals surface area contributed by atoms with Gasteiger partial charge in [-0.3, -0.25) is 14.7 Å². The highest BCUT2D eigenvalue weighted by molar-refractivity contribution is 6.34. The van der Waals surface area contributed by atoms with Gasteiger partial charge >= 0.3 is 6.09 Å². The van der Waals surface area contributed by atoms with Crippen molar-refractivity contribution in [1.82, 2.24) is 24.8 Å². The molecule has 1 fully saturated rings. The molecule has 0 radical (unpaired) electrons. The molecule has 40 heavy (non-hydrogen) atoms. The van der Waals surface area contributed by atoms with E-state index in [1.54, 1.807) is 17.2 Å². The van der Waals surface area contributed by atoms with Gasteiger partial charge in [-0.15, -0.1) is 0 Å². The van der Waals surface area contributed by atoms with Crippen molar-refractivity contribution in [3.05, 3.63) is 77.2 Å². The van der Waals surface area contributed by atoms with E-state index in [0.717, 1.165) is 16.8 Å². The molecule has 1 aliphatic heterocycles. The minimum atomic E-state index is -0.526. The standard InChI is InChI=1S/C29H34ClN7O3/c1-29(2,3)40-28(39)37-16-14-36(15-17-37)13-7-10-23(38)24-25(30)34-27(31)35-26(24)33-19-22-12-11-21(18-32-22)20-8-5-4-6-9-20/h4-12,18H,13-17,19H2,1-3H3,(H3,31,33,34,35). The van der Waals surface area contributed by atoms with Crippen LogP contribution in [0.25, 0.3) is 11.1 Å². The lowest BCUT2D eigenvalue weighted by molar-refractivity contribution is 0.0154. The number of amides is 1. The summed E-state index contributed by atoms with van der Waals surface area (Å²) in [6.07, 6.45) is 4.72. The molecular weight excluding hydrogens is 530 g/mol. The number of hydrogen-bond donors (Lipinski definition) is 2. The number of benzene rings is 1. The van der Waals surface area contributed by atoms with E-state index in [-0.39, 0.29) is 34.4 Å². The van der Waals surface area contributed by atoms with Gasteiger partial charge in [0.05, 0.1) is 12.2 Å². The molecule has 0 unspecified atom stereocenters. The highest BCUT2D eigenvalue weighted by atomic mass is 35.5. The largest absolute Gasteiger partial charge is 0.444 e. The molecule has 0 spiro atoms. The molecule has 1 amide bonds. The number of nitrogens with one attached hydrogen (secondary N) is 1. The van der Waals surface area contributed by atoms with E-state index in [1.165, 1.54) is 6.08 Å². The van der Waals surface area contributed by atoms with E-state index < -0.39 is 5.60 Å². The normalized spacial score (nSPS) is 14.3. The van der Waals surface area contributed by atoms with Gasteiger partial charge in [-0.2, -0.15) is 4.98 Å². The van der Waals surface area contributed by atoms with Gasteiger partial charge in [0.15, 0.2) is 5.78 Å². The number of hydrogen-bond acceptors (Lipinski definition) is 9. The van der Waals surface area contributed by atoms with Crippen LogP contribution >= 0.6 is 11.6 Å². The zero-order valence-electron chi connectivity index (χ0n) is 22.9. The Bertz CT molecular complexity index is 1350. The average molecular weight is 564 g/mol. The molecule has 0 bridgehead atoms. The van der Waals surface area contributed by atoms with Crippen molar-refractivity contribution in [3.8, 4) is 11.1 Å². The second-order valence-corrected chi connectivity index (χ2v) is 10.7. The van der Waals surface area contributed by atoms with Gasteiger partial charge in [0.2, 0.25) is 5.95 Å². The van der Waals surface area contributed by atoms with Crippen LogP contribution in [0.1, 0.15) is 36.8 Å². The van der Waals surface area contributed by atoms with Gasteiger partial charge in [-0.1, -0.05) is 54.1 Å². The molecule has 210 valence electrons. The van der Waals surface area contributed by atoms with Crippen LogP contribution in [0.15, 0.2) is 60.8 Å². The molecule has 1 aromatic carbocycles. The van der Waals surface area contributed by atoms with Crippen molar-refractivity contribution in [2.75, 3.05) is 43.8 Å². The number of carbonyl (C=O) groups is 2.